The number of hydrogen-bond donors (Lipinski definition) is 1. The highest BCUT2D eigenvalue weighted by atomic mass is 35.5. The van der Waals surface area contributed by atoms with Crippen molar-refractivity contribution in [1.82, 2.24) is 10.2 Å². The number of halogens is 1. The molecule has 1 unspecified atom stereocenters. The molecule has 7 nitrogen and oxygen atoms in total. The van der Waals surface area contributed by atoms with Crippen LogP contribution in [-0.2, 0) is 26.0 Å². The number of nitrogens with one attached hydrogen (secondary N) is 1. The van der Waals surface area contributed by atoms with Crippen molar-refractivity contribution in [1.29, 1.82) is 0 Å². The summed E-state index contributed by atoms with van der Waals surface area (Å²) in [5, 5.41) is 3.41. The maximum absolute atomic E-state index is 14.0. The quantitative estimate of drug-likeness (QED) is 0.339. The number of benzene rings is 3. The first-order valence-corrected chi connectivity index (χ1v) is 14.7. The predicted molar refractivity (Wildman–Crippen MR) is 156 cm³/mol. The van der Waals surface area contributed by atoms with Crippen molar-refractivity contribution in [2.45, 2.75) is 57.0 Å². The summed E-state index contributed by atoms with van der Waals surface area (Å²) in [4.78, 5) is 28.8. The van der Waals surface area contributed by atoms with Gasteiger partial charge < -0.3 is 10.2 Å². The third-order valence-electron chi connectivity index (χ3n) is 6.09. The van der Waals surface area contributed by atoms with Crippen LogP contribution in [0, 0.1) is 0 Å². The molecule has 9 heteroatoms. The van der Waals surface area contributed by atoms with Gasteiger partial charge in [-0.25, -0.2) is 8.42 Å². The molecule has 0 saturated heterocycles. The lowest BCUT2D eigenvalue weighted by molar-refractivity contribution is -0.140. The Kier molecular flexibility index (Phi) is 10.2. The maximum atomic E-state index is 14.0. The fourth-order valence-electron chi connectivity index (χ4n) is 4.20. The molecule has 0 fully saturated rings. The highest BCUT2D eigenvalue weighted by Crippen LogP contribution is 2.26. The van der Waals surface area contributed by atoms with E-state index in [2.05, 4.69) is 5.32 Å². The van der Waals surface area contributed by atoms with Crippen molar-refractivity contribution < 1.29 is 18.0 Å². The summed E-state index contributed by atoms with van der Waals surface area (Å²) in [5.74, 6) is -0.758. The summed E-state index contributed by atoms with van der Waals surface area (Å²) < 4.78 is 28.6. The molecule has 0 aliphatic heterocycles. The second kappa shape index (κ2) is 13.1. The van der Waals surface area contributed by atoms with E-state index >= 15 is 0 Å². The molecule has 0 aliphatic rings. The van der Waals surface area contributed by atoms with Crippen molar-refractivity contribution in [3.63, 3.8) is 0 Å². The van der Waals surface area contributed by atoms with E-state index < -0.39 is 34.1 Å². The molecular formula is C30H36ClN3O4S. The minimum absolute atomic E-state index is 0.0566. The molecule has 0 heterocycles. The Morgan fingerprint density at radius 3 is 2.00 bits per heavy atom. The number of sulfonamides is 1. The summed E-state index contributed by atoms with van der Waals surface area (Å²) in [6.45, 7) is 7.24. The van der Waals surface area contributed by atoms with Gasteiger partial charge in [-0.2, -0.15) is 0 Å². The lowest BCUT2D eigenvalue weighted by atomic mass is 10.1. The SMILES string of the molecule is CCC(C(=O)NC(C)(C)C)N(CCc1ccccc1)C(=O)CN(c1ccc(Cl)cc1)S(=O)(=O)c1ccccc1. The Hall–Kier alpha value is -3.36. The molecule has 0 aromatic heterocycles. The molecule has 1 atom stereocenters. The number of nitrogens with zero attached hydrogens (tertiary/aromatic N) is 2. The Labute approximate surface area is 236 Å². The van der Waals surface area contributed by atoms with Gasteiger partial charge in [-0.1, -0.05) is 67.1 Å². The van der Waals surface area contributed by atoms with Crippen molar-refractivity contribution in [3.05, 3.63) is 95.5 Å². The van der Waals surface area contributed by atoms with Crippen molar-refractivity contribution in [2.75, 3.05) is 17.4 Å². The molecule has 0 bridgehead atoms. The minimum Gasteiger partial charge on any atom is -0.350 e. The maximum Gasteiger partial charge on any atom is 0.264 e. The standard InChI is InChI=1S/C30H36ClN3O4S/c1-5-27(29(36)32-30(2,3)4)33(21-20-23-12-8-6-9-13-23)28(35)22-34(25-18-16-24(31)17-19-25)39(37,38)26-14-10-7-11-15-26/h6-19,27H,5,20-22H2,1-4H3,(H,32,36). The van der Waals surface area contributed by atoms with Crippen molar-refractivity contribution in [3.8, 4) is 0 Å². The number of rotatable bonds is 11. The predicted octanol–water partition coefficient (Wildman–Crippen LogP) is 5.30. The number of carbonyl (C=O) groups excluding carboxylic acids is 2. The van der Waals surface area contributed by atoms with Crippen molar-refractivity contribution >= 4 is 39.1 Å². The van der Waals surface area contributed by atoms with Crippen LogP contribution in [0.2, 0.25) is 5.02 Å². The smallest absolute Gasteiger partial charge is 0.264 e. The molecule has 2 amide bonds. The van der Waals surface area contributed by atoms with Crippen LogP contribution in [0.4, 0.5) is 5.69 Å². The first kappa shape index (κ1) is 30.2. The van der Waals surface area contributed by atoms with E-state index in [1.165, 1.54) is 17.0 Å². The largest absolute Gasteiger partial charge is 0.350 e. The van der Waals surface area contributed by atoms with Gasteiger partial charge in [0, 0.05) is 17.1 Å². The zero-order chi connectivity index (χ0) is 28.6. The third kappa shape index (κ3) is 8.31. The summed E-state index contributed by atoms with van der Waals surface area (Å²) in [5.41, 5.74) is 0.810. The summed E-state index contributed by atoms with van der Waals surface area (Å²) in [6, 6.07) is 23.1. The van der Waals surface area contributed by atoms with Crippen LogP contribution in [0.1, 0.15) is 39.7 Å². The number of amides is 2. The topological polar surface area (TPSA) is 86.8 Å². The van der Waals surface area contributed by atoms with Crippen LogP contribution in [0.3, 0.4) is 0 Å². The Morgan fingerprint density at radius 1 is 0.897 bits per heavy atom. The third-order valence-corrected chi connectivity index (χ3v) is 8.13. The molecule has 208 valence electrons. The van der Waals surface area contributed by atoms with Crippen LogP contribution < -0.4 is 9.62 Å². The summed E-state index contributed by atoms with van der Waals surface area (Å²) in [7, 11) is -4.10. The average molecular weight is 570 g/mol. The van der Waals surface area contributed by atoms with Gasteiger partial charge in [0.15, 0.2) is 0 Å². The van der Waals surface area contributed by atoms with E-state index in [1.807, 2.05) is 58.0 Å². The highest BCUT2D eigenvalue weighted by molar-refractivity contribution is 7.92. The molecule has 0 spiro atoms. The van der Waals surface area contributed by atoms with E-state index in [1.54, 1.807) is 42.5 Å². The molecular weight excluding hydrogens is 534 g/mol. The van der Waals surface area contributed by atoms with Crippen LogP contribution >= 0.6 is 11.6 Å². The van der Waals surface area contributed by atoms with Gasteiger partial charge >= 0.3 is 0 Å². The second-order valence-corrected chi connectivity index (χ2v) is 12.6. The van der Waals surface area contributed by atoms with Gasteiger partial charge in [0.2, 0.25) is 11.8 Å². The second-order valence-electron chi connectivity index (χ2n) is 10.3. The van der Waals surface area contributed by atoms with Gasteiger partial charge in [0.25, 0.3) is 10.0 Å². The molecule has 39 heavy (non-hydrogen) atoms. The Balaban J connectivity index is 2.00. The number of anilines is 1. The Morgan fingerprint density at radius 2 is 1.46 bits per heavy atom. The van der Waals surface area contributed by atoms with Crippen molar-refractivity contribution in [2.24, 2.45) is 0 Å². The normalized spacial score (nSPS) is 12.4. The zero-order valence-electron chi connectivity index (χ0n) is 22.8. The van der Waals surface area contributed by atoms with E-state index in [0.29, 0.717) is 23.6 Å². The van der Waals surface area contributed by atoms with Crippen LogP contribution in [0.15, 0.2) is 89.8 Å². The fraction of sp³-hybridized carbons (Fsp3) is 0.333. The number of carbonyl (C=O) groups is 2. The molecule has 0 saturated carbocycles. The van der Waals surface area contributed by atoms with Gasteiger partial charge in [-0.05, 0) is 75.6 Å². The average Bonchev–Trinajstić information content (AvgIpc) is 2.90. The van der Waals surface area contributed by atoms with E-state index in [9.17, 15) is 18.0 Å². The lowest BCUT2D eigenvalue weighted by Crippen LogP contribution is -2.56. The van der Waals surface area contributed by atoms with E-state index in [-0.39, 0.29) is 17.3 Å². The van der Waals surface area contributed by atoms with E-state index in [4.69, 9.17) is 11.6 Å². The molecule has 0 radical (unpaired) electrons. The van der Waals surface area contributed by atoms with Gasteiger partial charge in [0.05, 0.1) is 10.6 Å². The monoisotopic (exact) mass is 569 g/mol. The van der Waals surface area contributed by atoms with Gasteiger partial charge in [0.1, 0.15) is 12.6 Å². The molecule has 3 aromatic carbocycles. The van der Waals surface area contributed by atoms with Crippen LogP contribution in [0.5, 0.6) is 0 Å². The van der Waals surface area contributed by atoms with Crippen LogP contribution in [0.25, 0.3) is 0 Å². The fourth-order valence-corrected chi connectivity index (χ4v) is 5.77. The number of hydrogen-bond acceptors (Lipinski definition) is 4. The summed E-state index contributed by atoms with van der Waals surface area (Å²) >= 11 is 6.06. The van der Waals surface area contributed by atoms with E-state index in [0.717, 1.165) is 9.87 Å². The first-order chi connectivity index (χ1) is 18.4. The van der Waals surface area contributed by atoms with Gasteiger partial charge in [-0.15, -0.1) is 0 Å². The molecule has 1 N–H and O–H groups in total. The first-order valence-electron chi connectivity index (χ1n) is 12.9. The van der Waals surface area contributed by atoms with Gasteiger partial charge in [-0.3, -0.25) is 13.9 Å². The Bertz CT molecular complexity index is 1340. The molecule has 3 rings (SSSR count). The lowest BCUT2D eigenvalue weighted by Gasteiger charge is -2.34. The zero-order valence-corrected chi connectivity index (χ0v) is 24.4. The minimum atomic E-state index is -4.10. The molecule has 0 aliphatic carbocycles. The highest BCUT2D eigenvalue weighted by Gasteiger charge is 2.34. The van der Waals surface area contributed by atoms with Crippen LogP contribution in [-0.4, -0.2) is 49.8 Å². The molecule has 3 aromatic rings. The summed E-state index contributed by atoms with van der Waals surface area (Å²) in [6.07, 6.45) is 0.882.